The number of fused-ring (bicyclic) bond motifs is 6. The smallest absolute Gasteiger partial charge is 0.161 e. The van der Waals surface area contributed by atoms with Gasteiger partial charge in [0, 0.05) is 35.7 Å². The Bertz CT molecular complexity index is 1190. The van der Waals surface area contributed by atoms with Crippen LogP contribution in [0.1, 0.15) is 60.7 Å². The molecule has 1 saturated heterocycles. The highest BCUT2D eigenvalue weighted by Crippen LogP contribution is 2.47. The number of nitrogens with one attached hydrogen (secondary N) is 2. The number of ether oxygens (including phenoxy) is 2. The van der Waals surface area contributed by atoms with Gasteiger partial charge in [-0.2, -0.15) is 0 Å². The van der Waals surface area contributed by atoms with Gasteiger partial charge in [0.2, 0.25) is 0 Å². The minimum absolute atomic E-state index is 0.375. The second-order valence-electron chi connectivity index (χ2n) is 10.4. The average molecular weight is 460 g/mol. The lowest BCUT2D eigenvalue weighted by atomic mass is 9.73. The summed E-state index contributed by atoms with van der Waals surface area (Å²) in [6, 6.07) is 14.1. The lowest BCUT2D eigenvalue weighted by molar-refractivity contribution is 0.0421. The fourth-order valence-corrected chi connectivity index (χ4v) is 7.02. The second-order valence-corrected chi connectivity index (χ2v) is 10.4. The number of aromatic amines is 1. The minimum Gasteiger partial charge on any atom is -0.493 e. The number of methoxy groups -OCH3 is 2. The highest BCUT2D eigenvalue weighted by atomic mass is 16.5. The van der Waals surface area contributed by atoms with Gasteiger partial charge in [-0.25, -0.2) is 0 Å². The van der Waals surface area contributed by atoms with E-state index < -0.39 is 0 Å². The van der Waals surface area contributed by atoms with Gasteiger partial charge in [-0.15, -0.1) is 0 Å². The number of para-hydroxylation sites is 1. The Morgan fingerprint density at radius 3 is 2.68 bits per heavy atom. The highest BCUT2D eigenvalue weighted by Gasteiger charge is 2.40. The predicted molar refractivity (Wildman–Crippen MR) is 137 cm³/mol. The molecule has 180 valence electrons. The molecule has 0 aliphatic carbocycles. The lowest BCUT2D eigenvalue weighted by Crippen LogP contribution is -2.46. The van der Waals surface area contributed by atoms with Gasteiger partial charge < -0.3 is 19.8 Å². The molecule has 1 aromatic heterocycles. The van der Waals surface area contributed by atoms with Crippen LogP contribution in [0.25, 0.3) is 10.9 Å². The Kier molecular flexibility index (Phi) is 5.78. The van der Waals surface area contributed by atoms with Gasteiger partial charge in [0.05, 0.1) is 20.3 Å². The Labute approximate surface area is 202 Å². The van der Waals surface area contributed by atoms with Crippen molar-refractivity contribution in [2.75, 3.05) is 33.9 Å². The number of H-pyrrole nitrogens is 1. The summed E-state index contributed by atoms with van der Waals surface area (Å²) in [6.07, 6.45) is 5.87. The molecule has 0 amide bonds. The van der Waals surface area contributed by atoms with Crippen molar-refractivity contribution in [2.45, 2.75) is 51.1 Å². The summed E-state index contributed by atoms with van der Waals surface area (Å²) in [6.45, 7) is 5.81. The molecule has 2 unspecified atom stereocenters. The number of benzene rings is 2. The van der Waals surface area contributed by atoms with Gasteiger partial charge in [-0.05, 0) is 79.0 Å². The van der Waals surface area contributed by atoms with Gasteiger partial charge in [0.15, 0.2) is 11.5 Å². The molecule has 34 heavy (non-hydrogen) atoms. The third kappa shape index (κ3) is 3.61. The SMILES string of the molecule is CCC1CN2CCc3c([nH]c4ccccc34)[C@@H]2C[C@@H]1CC1NCCc2cc(OC)c(OC)cc21. The molecule has 3 aliphatic rings. The molecule has 2 N–H and O–H groups in total. The van der Waals surface area contributed by atoms with Crippen LogP contribution in [0, 0.1) is 11.8 Å². The lowest BCUT2D eigenvalue weighted by Gasteiger charge is -2.47. The van der Waals surface area contributed by atoms with Gasteiger partial charge in [0.25, 0.3) is 0 Å². The quantitative estimate of drug-likeness (QED) is 0.536. The second kappa shape index (κ2) is 8.94. The van der Waals surface area contributed by atoms with Crippen LogP contribution in [0.15, 0.2) is 36.4 Å². The van der Waals surface area contributed by atoms with E-state index >= 15 is 0 Å². The molecule has 1 fully saturated rings. The fourth-order valence-electron chi connectivity index (χ4n) is 7.02. The van der Waals surface area contributed by atoms with Crippen molar-refractivity contribution in [1.82, 2.24) is 15.2 Å². The van der Waals surface area contributed by atoms with Crippen molar-refractivity contribution in [3.05, 3.63) is 58.8 Å². The number of hydrogen-bond acceptors (Lipinski definition) is 4. The van der Waals surface area contributed by atoms with Gasteiger partial charge >= 0.3 is 0 Å². The molecular weight excluding hydrogens is 422 g/mol. The van der Waals surface area contributed by atoms with Crippen LogP contribution >= 0.6 is 0 Å². The van der Waals surface area contributed by atoms with Crippen LogP contribution in [0.4, 0.5) is 0 Å². The molecule has 2 aromatic carbocycles. The molecule has 0 bridgehead atoms. The summed E-state index contributed by atoms with van der Waals surface area (Å²) in [4.78, 5) is 6.59. The first-order chi connectivity index (χ1) is 16.7. The number of aromatic nitrogens is 1. The van der Waals surface area contributed by atoms with Crippen molar-refractivity contribution in [2.24, 2.45) is 11.8 Å². The molecule has 6 rings (SSSR count). The minimum atomic E-state index is 0.375. The molecule has 5 heteroatoms. The van der Waals surface area contributed by atoms with Crippen molar-refractivity contribution in [3.63, 3.8) is 0 Å². The van der Waals surface area contributed by atoms with Gasteiger partial charge in [-0.3, -0.25) is 4.90 Å². The first-order valence-corrected chi connectivity index (χ1v) is 13.0. The highest BCUT2D eigenvalue weighted by molar-refractivity contribution is 5.85. The van der Waals surface area contributed by atoms with Gasteiger partial charge in [0.1, 0.15) is 0 Å². The van der Waals surface area contributed by atoms with Crippen LogP contribution in [0.5, 0.6) is 11.5 Å². The Morgan fingerprint density at radius 1 is 1.03 bits per heavy atom. The monoisotopic (exact) mass is 459 g/mol. The number of piperidine rings is 1. The number of rotatable bonds is 5. The van der Waals surface area contributed by atoms with Crippen LogP contribution in [0.2, 0.25) is 0 Å². The zero-order chi connectivity index (χ0) is 23.2. The van der Waals surface area contributed by atoms with E-state index in [9.17, 15) is 0 Å². The van der Waals surface area contributed by atoms with Crippen LogP contribution < -0.4 is 14.8 Å². The molecule has 0 spiro atoms. The third-order valence-corrected chi connectivity index (χ3v) is 8.80. The molecule has 4 heterocycles. The van der Waals surface area contributed by atoms with Crippen molar-refractivity contribution in [1.29, 1.82) is 0 Å². The number of nitrogens with zero attached hydrogens (tertiary/aromatic N) is 1. The Hall–Kier alpha value is -2.50. The van der Waals surface area contributed by atoms with Crippen LogP contribution in [-0.2, 0) is 12.8 Å². The normalized spacial score (nSPS) is 26.6. The van der Waals surface area contributed by atoms with E-state index in [-0.39, 0.29) is 0 Å². The van der Waals surface area contributed by atoms with E-state index in [0.29, 0.717) is 18.0 Å². The molecule has 3 aromatic rings. The zero-order valence-electron chi connectivity index (χ0n) is 20.7. The molecule has 4 atom stereocenters. The van der Waals surface area contributed by atoms with E-state index in [0.717, 1.165) is 36.8 Å². The zero-order valence-corrected chi connectivity index (χ0v) is 20.7. The molecular formula is C29H37N3O2. The maximum absolute atomic E-state index is 5.66. The number of hydrogen-bond donors (Lipinski definition) is 2. The van der Waals surface area contributed by atoms with Crippen LogP contribution in [0.3, 0.4) is 0 Å². The summed E-state index contributed by atoms with van der Waals surface area (Å²) >= 11 is 0. The standard InChI is InChI=1S/C29H37N3O2/c1-4-18-17-32-12-10-22-21-7-5-6-8-24(21)31-29(22)26(32)14-20(18)13-25-23-16-28(34-3)27(33-2)15-19(23)9-11-30-25/h5-8,15-16,18,20,25-26,30-31H,4,9-14,17H2,1-3H3/t18?,20-,25?,26-/m0/s1. The largest absolute Gasteiger partial charge is 0.493 e. The van der Waals surface area contributed by atoms with E-state index in [4.69, 9.17) is 9.47 Å². The topological polar surface area (TPSA) is 49.5 Å². The average Bonchev–Trinajstić information content (AvgIpc) is 3.27. The molecule has 5 nitrogen and oxygen atoms in total. The molecule has 3 aliphatic heterocycles. The first kappa shape index (κ1) is 22.0. The summed E-state index contributed by atoms with van der Waals surface area (Å²) in [5, 5.41) is 5.28. The predicted octanol–water partition coefficient (Wildman–Crippen LogP) is 5.41. The van der Waals surface area contributed by atoms with Crippen LogP contribution in [-0.4, -0.2) is 43.7 Å². The van der Waals surface area contributed by atoms with E-state index in [1.54, 1.807) is 19.8 Å². The maximum Gasteiger partial charge on any atom is 0.161 e. The third-order valence-electron chi connectivity index (χ3n) is 8.80. The molecule has 0 saturated carbocycles. The Morgan fingerprint density at radius 2 is 1.85 bits per heavy atom. The van der Waals surface area contributed by atoms with Gasteiger partial charge in [-0.1, -0.05) is 31.5 Å². The van der Waals surface area contributed by atoms with E-state index in [2.05, 4.69) is 58.5 Å². The van der Waals surface area contributed by atoms with E-state index in [1.807, 2.05) is 0 Å². The summed E-state index contributed by atoms with van der Waals surface area (Å²) in [7, 11) is 3.46. The van der Waals surface area contributed by atoms with Crippen molar-refractivity contribution in [3.8, 4) is 11.5 Å². The first-order valence-electron chi connectivity index (χ1n) is 13.0. The Balaban J connectivity index is 1.30. The summed E-state index contributed by atoms with van der Waals surface area (Å²) < 4.78 is 11.2. The summed E-state index contributed by atoms with van der Waals surface area (Å²) in [5.74, 6) is 3.12. The molecule has 0 radical (unpaired) electrons. The maximum atomic E-state index is 5.66. The van der Waals surface area contributed by atoms with E-state index in [1.165, 1.54) is 60.1 Å². The van der Waals surface area contributed by atoms with Crippen molar-refractivity contribution < 1.29 is 9.47 Å². The summed E-state index contributed by atoms with van der Waals surface area (Å²) in [5.41, 5.74) is 7.14. The van der Waals surface area contributed by atoms with Crippen molar-refractivity contribution >= 4 is 10.9 Å². The fraction of sp³-hybridized carbons (Fsp3) is 0.517.